The molecule has 5 heteroatoms. The minimum absolute atomic E-state index is 0.131. The number of ether oxygens (including phenoxy) is 1. The molecule has 2 aliphatic rings. The molecular formula is C18H23BrFNO2. The van der Waals surface area contributed by atoms with Gasteiger partial charge in [-0.15, -0.1) is 0 Å². The van der Waals surface area contributed by atoms with E-state index in [1.807, 2.05) is 12.1 Å². The van der Waals surface area contributed by atoms with E-state index in [0.29, 0.717) is 12.5 Å². The summed E-state index contributed by atoms with van der Waals surface area (Å²) in [5, 5.41) is 0. The van der Waals surface area contributed by atoms with E-state index in [1.54, 1.807) is 0 Å². The highest BCUT2D eigenvalue weighted by atomic mass is 79.9. The molecule has 2 heterocycles. The lowest BCUT2D eigenvalue weighted by molar-refractivity contribution is -0.150. The third kappa shape index (κ3) is 3.31. The third-order valence-electron chi connectivity index (χ3n) is 5.39. The lowest BCUT2D eigenvalue weighted by Crippen LogP contribution is -2.51. The van der Waals surface area contributed by atoms with Gasteiger partial charge in [-0.05, 0) is 43.4 Å². The van der Waals surface area contributed by atoms with Crippen LogP contribution in [0.25, 0.3) is 0 Å². The Morgan fingerprint density at radius 3 is 2.74 bits per heavy atom. The first kappa shape index (κ1) is 16.9. The zero-order chi connectivity index (χ0) is 16.4. The van der Waals surface area contributed by atoms with E-state index in [4.69, 9.17) is 4.74 Å². The van der Waals surface area contributed by atoms with E-state index in [9.17, 15) is 9.18 Å². The summed E-state index contributed by atoms with van der Waals surface area (Å²) in [6, 6.07) is 8.90. The van der Waals surface area contributed by atoms with Gasteiger partial charge in [0.25, 0.3) is 0 Å². The number of alkyl halides is 1. The molecular weight excluding hydrogens is 360 g/mol. The Hall–Kier alpha value is -0.940. The van der Waals surface area contributed by atoms with Crippen molar-refractivity contribution in [3.8, 4) is 0 Å². The number of carbonyl (C=O) groups is 1. The van der Waals surface area contributed by atoms with Gasteiger partial charge < -0.3 is 4.74 Å². The molecule has 3 nitrogen and oxygen atoms in total. The first-order valence-electron chi connectivity index (χ1n) is 8.30. The molecule has 2 saturated heterocycles. The second kappa shape index (κ2) is 7.31. The van der Waals surface area contributed by atoms with Gasteiger partial charge in [0, 0.05) is 29.0 Å². The summed E-state index contributed by atoms with van der Waals surface area (Å²) in [4.78, 5) is 14.9. The average Bonchev–Trinajstić information content (AvgIpc) is 2.84. The molecule has 0 N–H and O–H groups in total. The molecule has 0 aromatic heterocycles. The highest BCUT2D eigenvalue weighted by Gasteiger charge is 2.50. The monoisotopic (exact) mass is 382 g/mol. The number of benzene rings is 1. The molecule has 2 fully saturated rings. The van der Waals surface area contributed by atoms with Crippen LogP contribution in [-0.4, -0.2) is 43.3 Å². The molecule has 4 atom stereocenters. The van der Waals surface area contributed by atoms with Crippen LogP contribution < -0.4 is 0 Å². The number of piperidine rings is 1. The fourth-order valence-corrected chi connectivity index (χ4v) is 4.68. The first-order chi connectivity index (χ1) is 11.2. The molecule has 0 spiro atoms. The maximum atomic E-state index is 12.6. The van der Waals surface area contributed by atoms with Crippen molar-refractivity contribution in [2.24, 2.45) is 5.92 Å². The average molecular weight is 383 g/mol. The normalized spacial score (nSPS) is 30.4. The van der Waals surface area contributed by atoms with Gasteiger partial charge in [0.15, 0.2) is 0 Å². The zero-order valence-corrected chi connectivity index (χ0v) is 15.0. The Bertz CT molecular complexity index is 550. The van der Waals surface area contributed by atoms with Crippen LogP contribution in [0.1, 0.15) is 37.2 Å². The summed E-state index contributed by atoms with van der Waals surface area (Å²) in [6.45, 7) is 0.446. The van der Waals surface area contributed by atoms with E-state index in [-0.39, 0.29) is 30.5 Å². The molecule has 2 bridgehead atoms. The van der Waals surface area contributed by atoms with Crippen LogP contribution in [0.2, 0.25) is 0 Å². The standard InChI is InChI=1S/C18H23BrFNO2/c1-23-18(22)17-15(12-3-5-13(19)6-4-12)11-14-7-8-16(17)21(14)10-2-9-20/h3-6,14-17H,2,7-11H2,1H3/t14-,15?,16+,17+/m1/s1/i20-1. The summed E-state index contributed by atoms with van der Waals surface area (Å²) in [5.41, 5.74) is 1.20. The second-order valence-corrected chi connectivity index (χ2v) is 7.44. The molecule has 1 aromatic rings. The van der Waals surface area contributed by atoms with Gasteiger partial charge in [0.2, 0.25) is 0 Å². The van der Waals surface area contributed by atoms with Crippen molar-refractivity contribution in [2.75, 3.05) is 20.3 Å². The van der Waals surface area contributed by atoms with Crippen molar-refractivity contribution in [1.29, 1.82) is 0 Å². The Morgan fingerprint density at radius 1 is 1.35 bits per heavy atom. The summed E-state index contributed by atoms with van der Waals surface area (Å²) in [5.74, 6) is -0.0947. The number of rotatable bonds is 5. The molecule has 0 saturated carbocycles. The topological polar surface area (TPSA) is 29.5 Å². The smallest absolute Gasteiger partial charge is 0.310 e. The first-order valence-corrected chi connectivity index (χ1v) is 9.10. The summed E-state index contributed by atoms with van der Waals surface area (Å²) >= 11 is 3.47. The van der Waals surface area contributed by atoms with Crippen LogP contribution in [0.15, 0.2) is 28.7 Å². The lowest BCUT2D eigenvalue weighted by Gasteiger charge is -2.43. The molecule has 0 aliphatic carbocycles. The van der Waals surface area contributed by atoms with Crippen molar-refractivity contribution < 1.29 is 13.9 Å². The maximum absolute atomic E-state index is 12.6. The fourth-order valence-electron chi connectivity index (χ4n) is 4.41. The maximum Gasteiger partial charge on any atom is 0.310 e. The largest absolute Gasteiger partial charge is 0.469 e. The third-order valence-corrected chi connectivity index (χ3v) is 5.91. The van der Waals surface area contributed by atoms with Crippen LogP contribution in [0.3, 0.4) is 0 Å². The molecule has 1 unspecified atom stereocenters. The number of carbonyl (C=O) groups excluding carboxylic acids is 1. The van der Waals surface area contributed by atoms with Crippen molar-refractivity contribution in [2.45, 2.75) is 43.7 Å². The van der Waals surface area contributed by atoms with Crippen LogP contribution in [0.5, 0.6) is 0 Å². The van der Waals surface area contributed by atoms with Crippen molar-refractivity contribution >= 4 is 21.9 Å². The van der Waals surface area contributed by atoms with Crippen molar-refractivity contribution in [1.82, 2.24) is 4.90 Å². The Labute approximate surface area is 145 Å². The predicted molar refractivity (Wildman–Crippen MR) is 91.1 cm³/mol. The molecule has 126 valence electrons. The minimum Gasteiger partial charge on any atom is -0.469 e. The van der Waals surface area contributed by atoms with Gasteiger partial charge in [-0.3, -0.25) is 14.1 Å². The fraction of sp³-hybridized carbons (Fsp3) is 0.611. The minimum atomic E-state index is -0.297. The predicted octanol–water partition coefficient (Wildman–Crippen LogP) is 3.92. The van der Waals surface area contributed by atoms with Crippen LogP contribution in [-0.2, 0) is 9.53 Å². The highest BCUT2D eigenvalue weighted by molar-refractivity contribution is 9.10. The number of nitrogens with zero attached hydrogens (tertiary/aromatic N) is 1. The number of methoxy groups -OCH3 is 1. The number of hydrogen-bond donors (Lipinski definition) is 0. The van der Waals surface area contributed by atoms with Gasteiger partial charge >= 0.3 is 5.97 Å². The van der Waals surface area contributed by atoms with Crippen LogP contribution in [0.4, 0.5) is 4.39 Å². The Kier molecular flexibility index (Phi) is 5.37. The second-order valence-electron chi connectivity index (χ2n) is 6.52. The van der Waals surface area contributed by atoms with Gasteiger partial charge in [-0.2, -0.15) is 0 Å². The lowest BCUT2D eigenvalue weighted by atomic mass is 9.76. The Balaban J connectivity index is 1.88. The van der Waals surface area contributed by atoms with Crippen LogP contribution >= 0.6 is 15.9 Å². The summed E-state index contributed by atoms with van der Waals surface area (Å²) in [7, 11) is 1.47. The van der Waals surface area contributed by atoms with E-state index < -0.39 is 0 Å². The Morgan fingerprint density at radius 2 is 2.09 bits per heavy atom. The van der Waals surface area contributed by atoms with Crippen molar-refractivity contribution in [3.63, 3.8) is 0 Å². The molecule has 2 aliphatic heterocycles. The van der Waals surface area contributed by atoms with Gasteiger partial charge in [0.1, 0.15) is 0 Å². The van der Waals surface area contributed by atoms with Gasteiger partial charge in [-0.1, -0.05) is 28.1 Å². The number of hydrogen-bond acceptors (Lipinski definition) is 3. The van der Waals surface area contributed by atoms with E-state index in [2.05, 4.69) is 33.0 Å². The van der Waals surface area contributed by atoms with Crippen molar-refractivity contribution in [3.05, 3.63) is 34.3 Å². The highest BCUT2D eigenvalue weighted by Crippen LogP contribution is 2.47. The molecule has 3 rings (SSSR count). The summed E-state index contributed by atoms with van der Waals surface area (Å²) < 4.78 is 18.8. The SMILES string of the molecule is COC(=O)[C@H]1C(c2ccc(Br)cc2)C[C@H]2CC[C@@H]1N2CCC[18F]. The molecule has 0 amide bonds. The number of halogens is 2. The van der Waals surface area contributed by atoms with Gasteiger partial charge in [-0.25, -0.2) is 0 Å². The van der Waals surface area contributed by atoms with E-state index in [0.717, 1.165) is 30.3 Å². The number of fused-ring (bicyclic) bond motifs is 2. The van der Waals surface area contributed by atoms with Gasteiger partial charge in [0.05, 0.1) is 19.7 Å². The molecule has 0 radical (unpaired) electrons. The number of esters is 1. The zero-order valence-electron chi connectivity index (χ0n) is 13.4. The van der Waals surface area contributed by atoms with Crippen LogP contribution in [0, 0.1) is 5.92 Å². The van der Waals surface area contributed by atoms with E-state index in [1.165, 1.54) is 12.7 Å². The molecule has 23 heavy (non-hydrogen) atoms. The van der Waals surface area contributed by atoms with E-state index >= 15 is 0 Å². The molecule has 1 aromatic carbocycles. The quantitative estimate of drug-likeness (QED) is 0.722. The summed E-state index contributed by atoms with van der Waals surface area (Å²) in [6.07, 6.45) is 3.59.